The Morgan fingerprint density at radius 2 is 1.83 bits per heavy atom. The van der Waals surface area contributed by atoms with Crippen molar-refractivity contribution in [2.24, 2.45) is 0 Å². The SMILES string of the molecule is Cc1ccc(OC(C)C(=O)NCCn2nc(-c3ccc(F)cc3)ccc2=O)cc1C. The predicted molar refractivity (Wildman–Crippen MR) is 113 cm³/mol. The van der Waals surface area contributed by atoms with Gasteiger partial charge < -0.3 is 10.1 Å². The van der Waals surface area contributed by atoms with Crippen molar-refractivity contribution in [3.8, 4) is 17.0 Å². The van der Waals surface area contributed by atoms with Crippen molar-refractivity contribution < 1.29 is 13.9 Å². The van der Waals surface area contributed by atoms with Crippen molar-refractivity contribution >= 4 is 5.91 Å². The maximum absolute atomic E-state index is 13.1. The number of carbonyl (C=O) groups is 1. The van der Waals surface area contributed by atoms with Gasteiger partial charge in [0, 0.05) is 18.2 Å². The molecule has 0 aliphatic rings. The number of amides is 1. The standard InChI is InChI=1S/C23H24FN3O3/c1-15-4-9-20(14-16(15)2)30-17(3)23(29)25-12-13-27-22(28)11-10-21(26-27)18-5-7-19(24)8-6-18/h4-11,14,17H,12-13H2,1-3H3,(H,25,29). The van der Waals surface area contributed by atoms with E-state index in [1.54, 1.807) is 25.1 Å². The number of aromatic nitrogens is 2. The molecule has 0 fully saturated rings. The molecule has 0 spiro atoms. The monoisotopic (exact) mass is 409 g/mol. The highest BCUT2D eigenvalue weighted by atomic mass is 19.1. The quantitative estimate of drug-likeness (QED) is 0.650. The van der Waals surface area contributed by atoms with E-state index in [9.17, 15) is 14.0 Å². The van der Waals surface area contributed by atoms with E-state index >= 15 is 0 Å². The van der Waals surface area contributed by atoms with Crippen LogP contribution in [-0.2, 0) is 11.3 Å². The number of halogens is 1. The van der Waals surface area contributed by atoms with Crippen LogP contribution in [0.4, 0.5) is 4.39 Å². The summed E-state index contributed by atoms with van der Waals surface area (Å²) in [6.07, 6.45) is -0.678. The zero-order valence-electron chi connectivity index (χ0n) is 17.2. The molecule has 0 saturated carbocycles. The zero-order valence-corrected chi connectivity index (χ0v) is 17.2. The molecule has 3 aromatic rings. The third-order valence-electron chi connectivity index (χ3n) is 4.79. The van der Waals surface area contributed by atoms with E-state index in [-0.39, 0.29) is 30.4 Å². The lowest BCUT2D eigenvalue weighted by Gasteiger charge is -2.16. The maximum Gasteiger partial charge on any atom is 0.266 e. The number of rotatable bonds is 7. The molecule has 0 aliphatic carbocycles. The fourth-order valence-electron chi connectivity index (χ4n) is 2.86. The van der Waals surface area contributed by atoms with Gasteiger partial charge in [0.05, 0.1) is 12.2 Å². The molecule has 0 aliphatic heterocycles. The van der Waals surface area contributed by atoms with Gasteiger partial charge in [-0.3, -0.25) is 9.59 Å². The highest BCUT2D eigenvalue weighted by Crippen LogP contribution is 2.18. The van der Waals surface area contributed by atoms with Crippen LogP contribution in [0.15, 0.2) is 59.4 Å². The Labute approximate surface area is 174 Å². The second-order valence-electron chi connectivity index (χ2n) is 7.08. The largest absolute Gasteiger partial charge is 0.481 e. The number of aryl methyl sites for hydroxylation is 2. The molecule has 6 nitrogen and oxygen atoms in total. The van der Waals surface area contributed by atoms with Gasteiger partial charge in [0.1, 0.15) is 11.6 Å². The van der Waals surface area contributed by atoms with E-state index < -0.39 is 6.10 Å². The summed E-state index contributed by atoms with van der Waals surface area (Å²) in [5.41, 5.74) is 3.21. The van der Waals surface area contributed by atoms with Crippen LogP contribution in [0.5, 0.6) is 5.75 Å². The Morgan fingerprint density at radius 1 is 1.10 bits per heavy atom. The summed E-state index contributed by atoms with van der Waals surface area (Å²) in [7, 11) is 0. The number of nitrogens with one attached hydrogen (secondary N) is 1. The lowest BCUT2D eigenvalue weighted by atomic mass is 10.1. The Hall–Kier alpha value is -3.48. The first-order valence-corrected chi connectivity index (χ1v) is 9.69. The lowest BCUT2D eigenvalue weighted by molar-refractivity contribution is -0.127. The number of carbonyl (C=O) groups excluding carboxylic acids is 1. The summed E-state index contributed by atoms with van der Waals surface area (Å²) in [4.78, 5) is 24.4. The second-order valence-corrected chi connectivity index (χ2v) is 7.08. The molecule has 1 aromatic heterocycles. The molecule has 1 amide bonds. The van der Waals surface area contributed by atoms with Crippen molar-refractivity contribution in [2.75, 3.05) is 6.54 Å². The van der Waals surface area contributed by atoms with Crippen molar-refractivity contribution in [3.05, 3.63) is 81.9 Å². The van der Waals surface area contributed by atoms with Crippen LogP contribution < -0.4 is 15.6 Å². The fraction of sp³-hybridized carbons (Fsp3) is 0.261. The van der Waals surface area contributed by atoms with Crippen molar-refractivity contribution in [3.63, 3.8) is 0 Å². The van der Waals surface area contributed by atoms with E-state index in [0.29, 0.717) is 17.0 Å². The van der Waals surface area contributed by atoms with E-state index in [4.69, 9.17) is 4.74 Å². The van der Waals surface area contributed by atoms with Gasteiger partial charge in [0.15, 0.2) is 6.10 Å². The van der Waals surface area contributed by atoms with Gasteiger partial charge in [-0.05, 0) is 74.4 Å². The molecule has 0 radical (unpaired) electrons. The first-order chi connectivity index (χ1) is 14.3. The third kappa shape index (κ3) is 5.31. The molecular weight excluding hydrogens is 385 g/mol. The Kier molecular flexibility index (Phi) is 6.61. The van der Waals surface area contributed by atoms with Crippen LogP contribution in [0.2, 0.25) is 0 Å². The summed E-state index contributed by atoms with van der Waals surface area (Å²) < 4.78 is 20.1. The van der Waals surface area contributed by atoms with E-state index in [2.05, 4.69) is 10.4 Å². The van der Waals surface area contributed by atoms with Crippen LogP contribution >= 0.6 is 0 Å². The van der Waals surface area contributed by atoms with Gasteiger partial charge in [0.2, 0.25) is 0 Å². The van der Waals surface area contributed by atoms with Crippen LogP contribution in [0.25, 0.3) is 11.3 Å². The highest BCUT2D eigenvalue weighted by molar-refractivity contribution is 5.80. The topological polar surface area (TPSA) is 73.2 Å². The molecule has 1 heterocycles. The number of hydrogen-bond donors (Lipinski definition) is 1. The smallest absolute Gasteiger partial charge is 0.266 e. The molecule has 30 heavy (non-hydrogen) atoms. The first kappa shape index (κ1) is 21.2. The van der Waals surface area contributed by atoms with E-state index in [1.807, 2.05) is 32.0 Å². The highest BCUT2D eigenvalue weighted by Gasteiger charge is 2.14. The van der Waals surface area contributed by atoms with Crippen LogP contribution in [0.1, 0.15) is 18.1 Å². The fourth-order valence-corrected chi connectivity index (χ4v) is 2.86. The molecule has 1 N–H and O–H groups in total. The average molecular weight is 409 g/mol. The Balaban J connectivity index is 1.58. The summed E-state index contributed by atoms with van der Waals surface area (Å²) >= 11 is 0. The number of nitrogens with zero attached hydrogens (tertiary/aromatic N) is 2. The summed E-state index contributed by atoms with van der Waals surface area (Å²) in [5, 5.41) is 7.06. The van der Waals surface area contributed by atoms with Crippen LogP contribution in [0.3, 0.4) is 0 Å². The Bertz CT molecular complexity index is 1090. The van der Waals surface area contributed by atoms with Crippen molar-refractivity contribution in [2.45, 2.75) is 33.4 Å². The molecule has 1 unspecified atom stereocenters. The second kappa shape index (κ2) is 9.35. The molecular formula is C23H24FN3O3. The average Bonchev–Trinajstić information content (AvgIpc) is 2.72. The molecule has 1 atom stereocenters. The van der Waals surface area contributed by atoms with Gasteiger partial charge in [-0.15, -0.1) is 0 Å². The van der Waals surface area contributed by atoms with Gasteiger partial charge in [0.25, 0.3) is 11.5 Å². The Morgan fingerprint density at radius 3 is 2.53 bits per heavy atom. The van der Waals surface area contributed by atoms with Crippen molar-refractivity contribution in [1.29, 1.82) is 0 Å². The summed E-state index contributed by atoms with van der Waals surface area (Å²) in [5.74, 6) is 0.00789. The summed E-state index contributed by atoms with van der Waals surface area (Å²) in [6, 6.07) is 14.5. The third-order valence-corrected chi connectivity index (χ3v) is 4.79. The number of hydrogen-bond acceptors (Lipinski definition) is 4. The zero-order chi connectivity index (χ0) is 21.7. The molecule has 156 valence electrons. The molecule has 0 bridgehead atoms. The minimum absolute atomic E-state index is 0.204. The predicted octanol–water partition coefficient (Wildman–Crippen LogP) is 3.25. The van der Waals surface area contributed by atoms with Gasteiger partial charge >= 0.3 is 0 Å². The van der Waals surface area contributed by atoms with E-state index in [1.165, 1.54) is 22.9 Å². The number of ether oxygens (including phenoxy) is 1. The van der Waals surface area contributed by atoms with Crippen LogP contribution in [0, 0.1) is 19.7 Å². The first-order valence-electron chi connectivity index (χ1n) is 9.69. The van der Waals surface area contributed by atoms with Gasteiger partial charge in [-0.2, -0.15) is 5.10 Å². The van der Waals surface area contributed by atoms with Crippen molar-refractivity contribution in [1.82, 2.24) is 15.1 Å². The van der Waals surface area contributed by atoms with E-state index in [0.717, 1.165) is 11.1 Å². The summed E-state index contributed by atoms with van der Waals surface area (Å²) in [6.45, 7) is 6.09. The number of benzene rings is 2. The minimum Gasteiger partial charge on any atom is -0.481 e. The van der Waals surface area contributed by atoms with Crippen LogP contribution in [-0.4, -0.2) is 28.3 Å². The molecule has 2 aromatic carbocycles. The van der Waals surface area contributed by atoms with Gasteiger partial charge in [-0.1, -0.05) is 6.07 Å². The maximum atomic E-state index is 13.1. The lowest BCUT2D eigenvalue weighted by Crippen LogP contribution is -2.39. The molecule has 7 heteroatoms. The normalized spacial score (nSPS) is 11.7. The minimum atomic E-state index is -0.678. The van der Waals surface area contributed by atoms with Gasteiger partial charge in [-0.25, -0.2) is 9.07 Å². The molecule has 3 rings (SSSR count). The molecule has 0 saturated heterocycles.